The van der Waals surface area contributed by atoms with Gasteiger partial charge in [0.15, 0.2) is 0 Å². The third-order valence-corrected chi connectivity index (χ3v) is 4.48. The molecule has 136 valence electrons. The van der Waals surface area contributed by atoms with Crippen molar-refractivity contribution in [2.75, 3.05) is 14.2 Å². The molecule has 0 bridgehead atoms. The van der Waals surface area contributed by atoms with Crippen LogP contribution >= 0.6 is 0 Å². The Bertz CT molecular complexity index is 883. The molecule has 0 radical (unpaired) electrons. The number of amides is 1. The zero-order chi connectivity index (χ0) is 18.5. The fourth-order valence-corrected chi connectivity index (χ4v) is 3.00. The highest BCUT2D eigenvalue weighted by molar-refractivity contribution is 5.88. The van der Waals surface area contributed by atoms with Gasteiger partial charge in [-0.25, -0.2) is 0 Å². The average Bonchev–Trinajstić information content (AvgIpc) is 3.08. The number of hydrogen-bond acceptors (Lipinski definition) is 4. The first kappa shape index (κ1) is 17.9. The molecule has 3 aromatic rings. The molecule has 5 heteroatoms. The van der Waals surface area contributed by atoms with Gasteiger partial charge in [0.2, 0.25) is 5.91 Å². The summed E-state index contributed by atoms with van der Waals surface area (Å²) in [6.45, 7) is 2.05. The van der Waals surface area contributed by atoms with Crippen LogP contribution in [-0.2, 0) is 11.2 Å². The van der Waals surface area contributed by atoms with Gasteiger partial charge in [0.1, 0.15) is 17.1 Å². The van der Waals surface area contributed by atoms with Gasteiger partial charge < -0.3 is 19.2 Å². The Hall–Kier alpha value is -2.95. The Morgan fingerprint density at radius 3 is 2.42 bits per heavy atom. The van der Waals surface area contributed by atoms with Gasteiger partial charge in [-0.15, -0.1) is 0 Å². The molecule has 0 saturated heterocycles. The number of methoxy groups -OCH3 is 2. The molecule has 0 aliphatic heterocycles. The molecular weight excluding hydrogens is 330 g/mol. The minimum atomic E-state index is -0.0359. The maximum absolute atomic E-state index is 12.5. The lowest BCUT2D eigenvalue weighted by atomic mass is 10.0. The van der Waals surface area contributed by atoms with Crippen LogP contribution in [0.4, 0.5) is 0 Å². The molecule has 1 amide bonds. The van der Waals surface area contributed by atoms with E-state index in [0.717, 1.165) is 34.4 Å². The minimum absolute atomic E-state index is 0.0355. The molecule has 0 aliphatic carbocycles. The number of carbonyl (C=O) groups is 1. The van der Waals surface area contributed by atoms with E-state index in [9.17, 15) is 4.79 Å². The topological polar surface area (TPSA) is 60.7 Å². The van der Waals surface area contributed by atoms with E-state index >= 15 is 0 Å². The molecule has 0 spiro atoms. The Labute approximate surface area is 152 Å². The number of nitrogens with one attached hydrogen (secondary N) is 1. The van der Waals surface area contributed by atoms with E-state index in [0.29, 0.717) is 5.58 Å². The van der Waals surface area contributed by atoms with Gasteiger partial charge >= 0.3 is 0 Å². The Kier molecular flexibility index (Phi) is 5.46. The Morgan fingerprint density at radius 1 is 1.08 bits per heavy atom. The summed E-state index contributed by atoms with van der Waals surface area (Å²) in [5, 5.41) is 4.03. The lowest BCUT2D eigenvalue weighted by Crippen LogP contribution is -2.29. The molecule has 2 aromatic carbocycles. The van der Waals surface area contributed by atoms with Crippen LogP contribution in [0.5, 0.6) is 11.5 Å². The summed E-state index contributed by atoms with van der Waals surface area (Å²) in [5.41, 5.74) is 2.64. The molecule has 1 N–H and O–H groups in total. The molecule has 1 heterocycles. The van der Waals surface area contributed by atoms with Crippen molar-refractivity contribution in [1.82, 2.24) is 5.32 Å². The van der Waals surface area contributed by atoms with E-state index in [1.807, 2.05) is 42.5 Å². The van der Waals surface area contributed by atoms with Gasteiger partial charge in [-0.2, -0.15) is 0 Å². The van der Waals surface area contributed by atoms with Crippen LogP contribution in [-0.4, -0.2) is 20.1 Å². The summed E-state index contributed by atoms with van der Waals surface area (Å²) in [5.74, 6) is 1.50. The van der Waals surface area contributed by atoms with E-state index in [1.54, 1.807) is 20.5 Å². The van der Waals surface area contributed by atoms with Gasteiger partial charge in [-0.05, 0) is 36.2 Å². The number of carbonyl (C=O) groups excluding carboxylic acids is 1. The van der Waals surface area contributed by atoms with Crippen LogP contribution in [0.3, 0.4) is 0 Å². The standard InChI is InChI=1S/C21H23NO4/c1-4-19(14-5-7-16(24-2)8-6-14)22-21(23)11-15-13-26-20-12-17(25-3)9-10-18(15)20/h5-10,12-13,19H,4,11H2,1-3H3,(H,22,23). The summed E-state index contributed by atoms with van der Waals surface area (Å²) in [7, 11) is 3.25. The van der Waals surface area contributed by atoms with Gasteiger partial charge in [0, 0.05) is 17.0 Å². The van der Waals surface area contributed by atoms with Crippen molar-refractivity contribution in [3.63, 3.8) is 0 Å². The van der Waals surface area contributed by atoms with Gasteiger partial charge in [0.25, 0.3) is 0 Å². The largest absolute Gasteiger partial charge is 0.497 e. The maximum Gasteiger partial charge on any atom is 0.225 e. The van der Waals surface area contributed by atoms with E-state index in [4.69, 9.17) is 13.9 Å². The zero-order valence-electron chi connectivity index (χ0n) is 15.2. The number of ether oxygens (including phenoxy) is 2. The number of hydrogen-bond donors (Lipinski definition) is 1. The highest BCUT2D eigenvalue weighted by Crippen LogP contribution is 2.26. The normalized spacial score (nSPS) is 12.0. The van der Waals surface area contributed by atoms with Gasteiger partial charge in [0.05, 0.1) is 32.9 Å². The molecule has 26 heavy (non-hydrogen) atoms. The third-order valence-electron chi connectivity index (χ3n) is 4.48. The molecule has 3 rings (SSSR count). The van der Waals surface area contributed by atoms with Crippen LogP contribution in [0, 0.1) is 0 Å². The smallest absolute Gasteiger partial charge is 0.225 e. The first-order chi connectivity index (χ1) is 12.6. The van der Waals surface area contributed by atoms with E-state index in [-0.39, 0.29) is 18.4 Å². The van der Waals surface area contributed by atoms with Crippen LogP contribution in [0.25, 0.3) is 11.0 Å². The minimum Gasteiger partial charge on any atom is -0.497 e. The first-order valence-electron chi connectivity index (χ1n) is 8.62. The van der Waals surface area contributed by atoms with Crippen LogP contribution in [0.15, 0.2) is 53.1 Å². The summed E-state index contributed by atoms with van der Waals surface area (Å²) in [6.07, 6.45) is 2.71. The SMILES string of the molecule is CCC(NC(=O)Cc1coc2cc(OC)ccc12)c1ccc(OC)cc1. The summed E-state index contributed by atoms with van der Waals surface area (Å²) < 4.78 is 15.9. The first-order valence-corrected chi connectivity index (χ1v) is 8.62. The predicted octanol–water partition coefficient (Wildman–Crippen LogP) is 4.26. The second-order valence-electron chi connectivity index (χ2n) is 6.10. The van der Waals surface area contributed by atoms with Crippen LogP contribution in [0.1, 0.15) is 30.5 Å². The molecule has 0 aliphatic rings. The van der Waals surface area contributed by atoms with Crippen LogP contribution < -0.4 is 14.8 Å². The second kappa shape index (κ2) is 7.95. The van der Waals surface area contributed by atoms with Crippen molar-refractivity contribution in [1.29, 1.82) is 0 Å². The van der Waals surface area contributed by atoms with Crippen LogP contribution in [0.2, 0.25) is 0 Å². The average molecular weight is 353 g/mol. The molecule has 1 unspecified atom stereocenters. The number of fused-ring (bicyclic) bond motifs is 1. The third kappa shape index (κ3) is 3.82. The fraction of sp³-hybridized carbons (Fsp3) is 0.286. The summed E-state index contributed by atoms with van der Waals surface area (Å²) >= 11 is 0. The highest BCUT2D eigenvalue weighted by atomic mass is 16.5. The highest BCUT2D eigenvalue weighted by Gasteiger charge is 2.16. The molecule has 5 nitrogen and oxygen atoms in total. The monoisotopic (exact) mass is 353 g/mol. The number of rotatable bonds is 7. The second-order valence-corrected chi connectivity index (χ2v) is 6.10. The quantitative estimate of drug-likeness (QED) is 0.689. The lowest BCUT2D eigenvalue weighted by Gasteiger charge is -2.17. The van der Waals surface area contributed by atoms with Crippen molar-refractivity contribution >= 4 is 16.9 Å². The Morgan fingerprint density at radius 2 is 1.77 bits per heavy atom. The van der Waals surface area contributed by atoms with Gasteiger partial charge in [-0.1, -0.05) is 19.1 Å². The van der Waals surface area contributed by atoms with Crippen molar-refractivity contribution < 1.29 is 18.7 Å². The van der Waals surface area contributed by atoms with Crippen molar-refractivity contribution in [3.8, 4) is 11.5 Å². The van der Waals surface area contributed by atoms with E-state index < -0.39 is 0 Å². The summed E-state index contributed by atoms with van der Waals surface area (Å²) in [4.78, 5) is 12.5. The number of benzene rings is 2. The van der Waals surface area contributed by atoms with Crippen molar-refractivity contribution in [3.05, 3.63) is 59.9 Å². The zero-order valence-corrected chi connectivity index (χ0v) is 15.2. The lowest BCUT2D eigenvalue weighted by molar-refractivity contribution is -0.121. The van der Waals surface area contributed by atoms with E-state index in [2.05, 4.69) is 12.2 Å². The number of furan rings is 1. The molecule has 1 aromatic heterocycles. The molecular formula is C21H23NO4. The maximum atomic E-state index is 12.5. The van der Waals surface area contributed by atoms with Crippen molar-refractivity contribution in [2.45, 2.75) is 25.8 Å². The van der Waals surface area contributed by atoms with Gasteiger partial charge in [-0.3, -0.25) is 4.79 Å². The predicted molar refractivity (Wildman–Crippen MR) is 101 cm³/mol. The fourth-order valence-electron chi connectivity index (χ4n) is 3.00. The Balaban J connectivity index is 1.70. The molecule has 1 atom stereocenters. The molecule has 0 fully saturated rings. The van der Waals surface area contributed by atoms with Crippen molar-refractivity contribution in [2.24, 2.45) is 0 Å². The van der Waals surface area contributed by atoms with E-state index in [1.165, 1.54) is 0 Å². The molecule has 0 saturated carbocycles. The summed E-state index contributed by atoms with van der Waals surface area (Å²) in [6, 6.07) is 13.3.